The molecule has 2 amide bonds. The van der Waals surface area contributed by atoms with Gasteiger partial charge in [-0.25, -0.2) is 9.78 Å². The van der Waals surface area contributed by atoms with Gasteiger partial charge in [-0.2, -0.15) is 0 Å². The van der Waals surface area contributed by atoms with Gasteiger partial charge in [0.2, 0.25) is 0 Å². The van der Waals surface area contributed by atoms with Crippen LogP contribution < -0.4 is 5.32 Å². The summed E-state index contributed by atoms with van der Waals surface area (Å²) in [6.45, 7) is 4.53. The Kier molecular flexibility index (Phi) is 9.19. The van der Waals surface area contributed by atoms with E-state index in [2.05, 4.69) is 70.9 Å². The number of hydrogen-bond donors (Lipinski definition) is 1. The first-order chi connectivity index (χ1) is 18.8. The highest BCUT2D eigenvalue weighted by Gasteiger charge is 2.21. The molecule has 3 aromatic carbocycles. The summed E-state index contributed by atoms with van der Waals surface area (Å²) in [6, 6.07) is 31.3. The fraction of sp³-hybridized carbons (Fsp3) is 0.312. The zero-order valence-electron chi connectivity index (χ0n) is 21.8. The predicted molar refractivity (Wildman–Crippen MR) is 158 cm³/mol. The fourth-order valence-electron chi connectivity index (χ4n) is 5.18. The Bertz CT molecular complexity index is 1220. The predicted octanol–water partition coefficient (Wildman–Crippen LogP) is 7.35. The minimum absolute atomic E-state index is 0.0733. The maximum atomic E-state index is 13.6. The highest BCUT2D eigenvalue weighted by atomic mass is 32.1. The number of carbonyl (C=O) groups is 1. The number of rotatable bonds is 10. The fourth-order valence-corrected chi connectivity index (χ4v) is 5.89. The standard InChI is InChI=1S/C32H36N4OS/c37-32(34-31-33-30(25-38-31)28-17-9-3-10-18-28)36(24-23-35-20-11-4-12-21-35)22-19-29(26-13-5-1-6-14-26)27-15-7-2-8-16-27/h1-3,5-10,13-18,25,29H,4,11-12,19-24H2,(H,33,34,37). The molecule has 1 aliphatic rings. The quantitative estimate of drug-likeness (QED) is 0.236. The van der Waals surface area contributed by atoms with Gasteiger partial charge >= 0.3 is 6.03 Å². The van der Waals surface area contributed by atoms with E-state index in [0.717, 1.165) is 37.3 Å². The van der Waals surface area contributed by atoms with Crippen LogP contribution in [0.25, 0.3) is 11.3 Å². The molecule has 0 saturated carbocycles. The lowest BCUT2D eigenvalue weighted by atomic mass is 9.88. The molecule has 0 aliphatic carbocycles. The topological polar surface area (TPSA) is 48.5 Å². The van der Waals surface area contributed by atoms with Crippen molar-refractivity contribution in [2.45, 2.75) is 31.6 Å². The van der Waals surface area contributed by atoms with Crippen molar-refractivity contribution < 1.29 is 4.79 Å². The first-order valence-electron chi connectivity index (χ1n) is 13.7. The molecule has 0 unspecified atom stereocenters. The van der Waals surface area contributed by atoms with E-state index in [1.807, 2.05) is 40.6 Å². The first kappa shape index (κ1) is 26.1. The van der Waals surface area contributed by atoms with Gasteiger partial charge in [-0.05, 0) is 43.5 Å². The van der Waals surface area contributed by atoms with E-state index >= 15 is 0 Å². The molecule has 38 heavy (non-hydrogen) atoms. The van der Waals surface area contributed by atoms with E-state index in [1.165, 1.54) is 41.7 Å². The molecule has 196 valence electrons. The van der Waals surface area contributed by atoms with Crippen molar-refractivity contribution in [1.29, 1.82) is 0 Å². The van der Waals surface area contributed by atoms with Gasteiger partial charge in [0.05, 0.1) is 5.69 Å². The van der Waals surface area contributed by atoms with Crippen molar-refractivity contribution in [1.82, 2.24) is 14.8 Å². The summed E-state index contributed by atoms with van der Waals surface area (Å²) >= 11 is 1.47. The molecule has 0 bridgehead atoms. The van der Waals surface area contributed by atoms with Crippen LogP contribution in [0.2, 0.25) is 0 Å². The van der Waals surface area contributed by atoms with E-state index in [4.69, 9.17) is 4.98 Å². The number of hydrogen-bond acceptors (Lipinski definition) is 4. The minimum atomic E-state index is -0.0733. The van der Waals surface area contributed by atoms with E-state index < -0.39 is 0 Å². The second-order valence-electron chi connectivity index (χ2n) is 9.89. The number of benzene rings is 3. The van der Waals surface area contributed by atoms with Crippen LogP contribution in [-0.4, -0.2) is 53.5 Å². The molecule has 5 nitrogen and oxygen atoms in total. The largest absolute Gasteiger partial charge is 0.323 e. The molecular formula is C32H36N4OS. The van der Waals surface area contributed by atoms with Crippen LogP contribution in [0.15, 0.2) is 96.4 Å². The number of amides is 2. The number of piperidine rings is 1. The van der Waals surface area contributed by atoms with E-state index in [9.17, 15) is 4.79 Å². The van der Waals surface area contributed by atoms with Crippen LogP contribution in [0.3, 0.4) is 0 Å². The number of nitrogens with one attached hydrogen (secondary N) is 1. The van der Waals surface area contributed by atoms with Crippen molar-refractivity contribution in [3.63, 3.8) is 0 Å². The number of anilines is 1. The third kappa shape index (κ3) is 7.09. The van der Waals surface area contributed by atoms with Crippen LogP contribution in [0.5, 0.6) is 0 Å². The molecule has 1 fully saturated rings. The highest BCUT2D eigenvalue weighted by molar-refractivity contribution is 7.14. The Labute approximate surface area is 230 Å². The average molecular weight is 525 g/mol. The maximum absolute atomic E-state index is 13.6. The Hall–Kier alpha value is -3.48. The lowest BCUT2D eigenvalue weighted by Crippen LogP contribution is -2.43. The van der Waals surface area contributed by atoms with Gasteiger partial charge in [0.15, 0.2) is 5.13 Å². The smallest absolute Gasteiger partial charge is 0.323 e. The third-order valence-electron chi connectivity index (χ3n) is 7.30. The Balaban J connectivity index is 1.30. The first-order valence-corrected chi connectivity index (χ1v) is 14.5. The number of thiazole rings is 1. The van der Waals surface area contributed by atoms with Crippen molar-refractivity contribution >= 4 is 22.5 Å². The summed E-state index contributed by atoms with van der Waals surface area (Å²) < 4.78 is 0. The summed E-state index contributed by atoms with van der Waals surface area (Å²) in [5.41, 5.74) is 4.50. The Morgan fingerprint density at radius 1 is 0.842 bits per heavy atom. The molecule has 1 aromatic heterocycles. The van der Waals surface area contributed by atoms with Crippen molar-refractivity contribution in [2.75, 3.05) is 38.0 Å². The summed E-state index contributed by atoms with van der Waals surface area (Å²) in [4.78, 5) is 22.7. The van der Waals surface area contributed by atoms with Gasteiger partial charge in [0, 0.05) is 36.5 Å². The zero-order valence-corrected chi connectivity index (χ0v) is 22.7. The number of urea groups is 1. The molecule has 0 atom stereocenters. The summed E-state index contributed by atoms with van der Waals surface area (Å²) in [7, 11) is 0. The lowest BCUT2D eigenvalue weighted by Gasteiger charge is -2.31. The Morgan fingerprint density at radius 3 is 2.08 bits per heavy atom. The molecule has 1 N–H and O–H groups in total. The molecule has 1 saturated heterocycles. The van der Waals surface area contributed by atoms with Crippen LogP contribution in [0, 0.1) is 0 Å². The summed E-state index contributed by atoms with van der Waals surface area (Å²) in [5, 5.41) is 5.74. The zero-order chi connectivity index (χ0) is 26.0. The van der Waals surface area contributed by atoms with Crippen LogP contribution in [0.1, 0.15) is 42.7 Å². The van der Waals surface area contributed by atoms with Crippen molar-refractivity contribution in [2.24, 2.45) is 0 Å². The number of likely N-dealkylation sites (tertiary alicyclic amines) is 1. The van der Waals surface area contributed by atoms with Gasteiger partial charge in [-0.1, -0.05) is 97.4 Å². The highest BCUT2D eigenvalue weighted by Crippen LogP contribution is 2.29. The van der Waals surface area contributed by atoms with Gasteiger partial charge in [-0.3, -0.25) is 5.32 Å². The van der Waals surface area contributed by atoms with Gasteiger partial charge in [0.1, 0.15) is 0 Å². The van der Waals surface area contributed by atoms with Gasteiger partial charge < -0.3 is 9.80 Å². The lowest BCUT2D eigenvalue weighted by molar-refractivity contribution is 0.179. The monoisotopic (exact) mass is 524 g/mol. The van der Waals surface area contributed by atoms with E-state index in [0.29, 0.717) is 18.2 Å². The number of carbonyl (C=O) groups excluding carboxylic acids is 1. The van der Waals surface area contributed by atoms with Crippen molar-refractivity contribution in [3.8, 4) is 11.3 Å². The molecule has 2 heterocycles. The molecule has 5 rings (SSSR count). The van der Waals surface area contributed by atoms with Crippen LogP contribution in [-0.2, 0) is 0 Å². The number of nitrogens with zero attached hydrogens (tertiary/aromatic N) is 3. The number of aromatic nitrogens is 1. The van der Waals surface area contributed by atoms with Crippen molar-refractivity contribution in [3.05, 3.63) is 108 Å². The molecule has 4 aromatic rings. The summed E-state index contributed by atoms with van der Waals surface area (Å²) in [5.74, 6) is 0.229. The summed E-state index contributed by atoms with van der Waals surface area (Å²) in [6.07, 6.45) is 4.66. The molecule has 6 heteroatoms. The molecule has 0 radical (unpaired) electrons. The van der Waals surface area contributed by atoms with E-state index in [-0.39, 0.29) is 11.9 Å². The maximum Gasteiger partial charge on any atom is 0.323 e. The second kappa shape index (κ2) is 13.4. The van der Waals surface area contributed by atoms with E-state index in [1.54, 1.807) is 0 Å². The van der Waals surface area contributed by atoms with Crippen LogP contribution >= 0.6 is 11.3 Å². The second-order valence-corrected chi connectivity index (χ2v) is 10.7. The van der Waals surface area contributed by atoms with Gasteiger partial charge in [-0.15, -0.1) is 11.3 Å². The third-order valence-corrected chi connectivity index (χ3v) is 8.06. The Morgan fingerprint density at radius 2 is 1.45 bits per heavy atom. The normalized spacial score (nSPS) is 13.9. The van der Waals surface area contributed by atoms with Gasteiger partial charge in [0.25, 0.3) is 0 Å². The SMILES string of the molecule is O=C(Nc1nc(-c2ccccc2)cs1)N(CCC(c1ccccc1)c1ccccc1)CCN1CCCCC1. The van der Waals surface area contributed by atoms with Crippen LogP contribution in [0.4, 0.5) is 9.93 Å². The minimum Gasteiger partial charge on any atom is -0.323 e. The molecular weight excluding hydrogens is 488 g/mol. The molecule has 1 aliphatic heterocycles. The molecule has 0 spiro atoms. The average Bonchev–Trinajstić information content (AvgIpc) is 3.45.